The second-order valence-electron chi connectivity index (χ2n) is 7.46. The number of rotatable bonds is 8. The standard InChI is InChI=1S/C23H24N2O6S/c1-16(2)15-25(17-8-13-21(22(26)14-17)23(27)24-28)32(29,30)20-11-9-19(10-12-20)31-18-6-4-3-5-7-18/h3-14,16,26,28H,15H2,1-2H3,(H,24,27). The molecule has 168 valence electrons. The Hall–Kier alpha value is -3.56. The maximum atomic E-state index is 13.4. The number of nitrogens with zero attached hydrogens (tertiary/aromatic N) is 1. The average Bonchev–Trinajstić information content (AvgIpc) is 2.78. The van der Waals surface area contributed by atoms with Crippen LogP contribution in [0, 0.1) is 5.92 Å². The lowest BCUT2D eigenvalue weighted by Gasteiger charge is -2.26. The number of sulfonamides is 1. The Kier molecular flexibility index (Phi) is 7.01. The molecule has 1 amide bonds. The van der Waals surface area contributed by atoms with Gasteiger partial charge < -0.3 is 9.84 Å². The van der Waals surface area contributed by atoms with E-state index in [-0.39, 0.29) is 28.6 Å². The van der Waals surface area contributed by atoms with Gasteiger partial charge in [0.1, 0.15) is 17.2 Å². The zero-order valence-electron chi connectivity index (χ0n) is 17.6. The summed E-state index contributed by atoms with van der Waals surface area (Å²) in [7, 11) is -3.98. The van der Waals surface area contributed by atoms with Gasteiger partial charge in [-0.2, -0.15) is 0 Å². The summed E-state index contributed by atoms with van der Waals surface area (Å²) in [6, 6.07) is 19.0. The Balaban J connectivity index is 1.93. The number of ether oxygens (including phenoxy) is 1. The van der Waals surface area contributed by atoms with Crippen molar-refractivity contribution in [2.45, 2.75) is 18.7 Å². The number of aromatic hydroxyl groups is 1. The van der Waals surface area contributed by atoms with E-state index >= 15 is 0 Å². The number of phenols is 1. The maximum absolute atomic E-state index is 13.4. The van der Waals surface area contributed by atoms with Crippen LogP contribution in [-0.2, 0) is 10.0 Å². The van der Waals surface area contributed by atoms with Crippen molar-refractivity contribution < 1.29 is 28.3 Å². The minimum Gasteiger partial charge on any atom is -0.507 e. The fourth-order valence-corrected chi connectivity index (χ4v) is 4.65. The van der Waals surface area contributed by atoms with Crippen molar-refractivity contribution in [1.29, 1.82) is 0 Å². The van der Waals surface area contributed by atoms with Crippen molar-refractivity contribution in [3.63, 3.8) is 0 Å². The highest BCUT2D eigenvalue weighted by Gasteiger charge is 2.27. The van der Waals surface area contributed by atoms with Crippen LogP contribution in [0.3, 0.4) is 0 Å². The van der Waals surface area contributed by atoms with E-state index in [1.807, 2.05) is 32.0 Å². The summed E-state index contributed by atoms with van der Waals surface area (Å²) >= 11 is 0. The molecule has 0 saturated carbocycles. The molecule has 0 heterocycles. The normalized spacial score (nSPS) is 11.2. The van der Waals surface area contributed by atoms with E-state index in [1.54, 1.807) is 24.3 Å². The molecular formula is C23H24N2O6S. The smallest absolute Gasteiger partial charge is 0.278 e. The Morgan fingerprint density at radius 1 is 1.00 bits per heavy atom. The van der Waals surface area contributed by atoms with Crippen LogP contribution >= 0.6 is 0 Å². The highest BCUT2D eigenvalue weighted by molar-refractivity contribution is 7.92. The second-order valence-corrected chi connectivity index (χ2v) is 9.32. The molecule has 0 unspecified atom stereocenters. The third-order valence-electron chi connectivity index (χ3n) is 4.54. The number of carbonyl (C=O) groups is 1. The van der Waals surface area contributed by atoms with Gasteiger partial charge in [0.15, 0.2) is 0 Å². The van der Waals surface area contributed by atoms with E-state index in [0.717, 1.165) is 0 Å². The van der Waals surface area contributed by atoms with Crippen molar-refractivity contribution in [3.05, 3.63) is 78.4 Å². The van der Waals surface area contributed by atoms with Crippen LogP contribution in [0.15, 0.2) is 77.7 Å². The summed E-state index contributed by atoms with van der Waals surface area (Å²) in [6.07, 6.45) is 0. The second kappa shape index (κ2) is 9.71. The number of hydroxylamine groups is 1. The summed E-state index contributed by atoms with van der Waals surface area (Å²) < 4.78 is 33.7. The fraction of sp³-hybridized carbons (Fsp3) is 0.174. The summed E-state index contributed by atoms with van der Waals surface area (Å²) in [5.41, 5.74) is 1.45. The Bertz CT molecular complexity index is 1180. The van der Waals surface area contributed by atoms with Gasteiger partial charge in [-0.05, 0) is 54.4 Å². The first-order valence-electron chi connectivity index (χ1n) is 9.85. The molecule has 3 aromatic carbocycles. The molecule has 8 nitrogen and oxygen atoms in total. The van der Waals surface area contributed by atoms with Gasteiger partial charge in [-0.1, -0.05) is 32.0 Å². The number of benzene rings is 3. The van der Waals surface area contributed by atoms with Crippen LogP contribution < -0.4 is 14.5 Å². The maximum Gasteiger partial charge on any atom is 0.278 e. The predicted molar refractivity (Wildman–Crippen MR) is 120 cm³/mol. The molecule has 0 saturated heterocycles. The molecule has 3 N–H and O–H groups in total. The lowest BCUT2D eigenvalue weighted by atomic mass is 10.1. The van der Waals surface area contributed by atoms with Crippen LogP contribution in [0.5, 0.6) is 17.2 Å². The number of nitrogens with one attached hydrogen (secondary N) is 1. The van der Waals surface area contributed by atoms with E-state index in [1.165, 1.54) is 40.1 Å². The first kappa shape index (κ1) is 23.1. The third-order valence-corrected chi connectivity index (χ3v) is 6.35. The molecule has 0 atom stereocenters. The number of hydrogen-bond acceptors (Lipinski definition) is 6. The van der Waals surface area contributed by atoms with E-state index < -0.39 is 21.7 Å². The van der Waals surface area contributed by atoms with Gasteiger partial charge in [0.05, 0.1) is 16.1 Å². The lowest BCUT2D eigenvalue weighted by Crippen LogP contribution is -2.34. The molecule has 0 aliphatic heterocycles. The molecule has 0 fully saturated rings. The molecule has 0 aromatic heterocycles. The van der Waals surface area contributed by atoms with Gasteiger partial charge in [-0.15, -0.1) is 0 Å². The van der Waals surface area contributed by atoms with Crippen LogP contribution in [-0.4, -0.2) is 31.2 Å². The minimum atomic E-state index is -3.98. The first-order chi connectivity index (χ1) is 15.2. The van der Waals surface area contributed by atoms with Crippen molar-refractivity contribution in [2.75, 3.05) is 10.8 Å². The predicted octanol–water partition coefficient (Wildman–Crippen LogP) is 4.15. The van der Waals surface area contributed by atoms with Crippen LogP contribution in [0.2, 0.25) is 0 Å². The van der Waals surface area contributed by atoms with E-state index in [4.69, 9.17) is 9.94 Å². The topological polar surface area (TPSA) is 116 Å². The fourth-order valence-electron chi connectivity index (χ4n) is 3.03. The molecule has 0 aliphatic carbocycles. The van der Waals surface area contributed by atoms with Crippen molar-refractivity contribution in [1.82, 2.24) is 5.48 Å². The number of anilines is 1. The zero-order valence-corrected chi connectivity index (χ0v) is 18.4. The summed E-state index contributed by atoms with van der Waals surface area (Å²) in [5, 5.41) is 19.0. The minimum absolute atomic E-state index is 0.0204. The van der Waals surface area contributed by atoms with E-state index in [2.05, 4.69) is 0 Å². The number of amides is 1. The van der Waals surface area contributed by atoms with Gasteiger partial charge in [0.25, 0.3) is 15.9 Å². The van der Waals surface area contributed by atoms with Gasteiger partial charge in [0.2, 0.25) is 0 Å². The number of carbonyl (C=O) groups excluding carboxylic acids is 1. The third kappa shape index (κ3) is 5.19. The number of phenolic OH excluding ortho intramolecular Hbond substituents is 1. The largest absolute Gasteiger partial charge is 0.507 e. The summed E-state index contributed by atoms with van der Waals surface area (Å²) in [5.74, 6) is -0.256. The highest BCUT2D eigenvalue weighted by Crippen LogP contribution is 2.31. The lowest BCUT2D eigenvalue weighted by molar-refractivity contribution is 0.0703. The monoisotopic (exact) mass is 456 g/mol. The zero-order chi connectivity index (χ0) is 23.3. The molecule has 0 spiro atoms. The Morgan fingerprint density at radius 2 is 1.62 bits per heavy atom. The SMILES string of the molecule is CC(C)CN(c1ccc(C(=O)NO)c(O)c1)S(=O)(=O)c1ccc(Oc2ccccc2)cc1. The summed E-state index contributed by atoms with van der Waals surface area (Å²) in [6.45, 7) is 3.88. The van der Waals surface area contributed by atoms with Crippen LogP contribution in [0.1, 0.15) is 24.2 Å². The van der Waals surface area contributed by atoms with Crippen LogP contribution in [0.4, 0.5) is 5.69 Å². The van der Waals surface area contributed by atoms with Gasteiger partial charge in [0, 0.05) is 12.6 Å². The highest BCUT2D eigenvalue weighted by atomic mass is 32.2. The number of para-hydroxylation sites is 1. The Morgan fingerprint density at radius 3 is 2.19 bits per heavy atom. The molecule has 0 bridgehead atoms. The molecule has 3 rings (SSSR count). The van der Waals surface area contributed by atoms with E-state index in [0.29, 0.717) is 11.5 Å². The molecular weight excluding hydrogens is 432 g/mol. The molecule has 0 aliphatic rings. The Labute approximate surface area is 186 Å². The van der Waals surface area contributed by atoms with Gasteiger partial charge >= 0.3 is 0 Å². The van der Waals surface area contributed by atoms with Gasteiger partial charge in [-0.25, -0.2) is 13.9 Å². The van der Waals surface area contributed by atoms with Crippen molar-refractivity contribution in [3.8, 4) is 17.2 Å². The quantitative estimate of drug-likeness (QED) is 0.346. The first-order valence-corrected chi connectivity index (χ1v) is 11.3. The molecule has 3 aromatic rings. The average molecular weight is 457 g/mol. The molecule has 32 heavy (non-hydrogen) atoms. The number of hydrogen-bond donors (Lipinski definition) is 3. The summed E-state index contributed by atoms with van der Waals surface area (Å²) in [4.78, 5) is 11.7. The van der Waals surface area contributed by atoms with Crippen molar-refractivity contribution >= 4 is 21.6 Å². The molecule has 9 heteroatoms. The van der Waals surface area contributed by atoms with Crippen molar-refractivity contribution in [2.24, 2.45) is 5.92 Å². The van der Waals surface area contributed by atoms with Crippen LogP contribution in [0.25, 0.3) is 0 Å². The van der Waals surface area contributed by atoms with E-state index in [9.17, 15) is 18.3 Å². The molecule has 0 radical (unpaired) electrons. The van der Waals surface area contributed by atoms with Gasteiger partial charge in [-0.3, -0.25) is 14.3 Å².